The van der Waals surface area contributed by atoms with E-state index in [0.29, 0.717) is 17.9 Å². The smallest absolute Gasteiger partial charge is 0.227 e. The molecule has 0 spiro atoms. The van der Waals surface area contributed by atoms with Crippen molar-refractivity contribution in [2.24, 2.45) is 0 Å². The van der Waals surface area contributed by atoms with Crippen LogP contribution in [0.2, 0.25) is 0 Å². The van der Waals surface area contributed by atoms with E-state index < -0.39 is 0 Å². The highest BCUT2D eigenvalue weighted by atomic mass is 16.5. The molecule has 0 aromatic heterocycles. The molecule has 2 aromatic rings. The summed E-state index contributed by atoms with van der Waals surface area (Å²) in [7, 11) is 3.22. The summed E-state index contributed by atoms with van der Waals surface area (Å²) in [6.45, 7) is 0.825. The van der Waals surface area contributed by atoms with Crippen LogP contribution in [-0.2, 0) is 11.2 Å². The Morgan fingerprint density at radius 2 is 1.83 bits per heavy atom. The zero-order valence-electron chi connectivity index (χ0n) is 14.2. The average Bonchev–Trinajstić information content (AvgIpc) is 3.12. The van der Waals surface area contributed by atoms with Crippen LogP contribution in [0, 0.1) is 0 Å². The van der Waals surface area contributed by atoms with Crippen molar-refractivity contribution in [1.82, 2.24) is 4.90 Å². The SMILES string of the molecule is COc1ccc(CC(=O)N2CCCC2c2ccccc2)cc1OC. The second-order valence-corrected chi connectivity index (χ2v) is 6.02. The molecular formula is C20H23NO3. The number of ether oxygens (including phenoxy) is 2. The van der Waals surface area contributed by atoms with E-state index in [4.69, 9.17) is 9.47 Å². The van der Waals surface area contributed by atoms with E-state index in [9.17, 15) is 4.79 Å². The van der Waals surface area contributed by atoms with Gasteiger partial charge in [-0.15, -0.1) is 0 Å². The van der Waals surface area contributed by atoms with Gasteiger partial charge in [0.05, 0.1) is 26.7 Å². The topological polar surface area (TPSA) is 38.8 Å². The number of carbonyl (C=O) groups excluding carboxylic acids is 1. The van der Waals surface area contributed by atoms with Gasteiger partial charge in [-0.05, 0) is 36.1 Å². The fraction of sp³-hybridized carbons (Fsp3) is 0.350. The Balaban J connectivity index is 1.75. The molecule has 3 rings (SSSR count). The van der Waals surface area contributed by atoms with E-state index in [-0.39, 0.29) is 11.9 Å². The van der Waals surface area contributed by atoms with Gasteiger partial charge in [-0.1, -0.05) is 36.4 Å². The minimum absolute atomic E-state index is 0.161. The van der Waals surface area contributed by atoms with E-state index >= 15 is 0 Å². The van der Waals surface area contributed by atoms with Crippen LogP contribution in [0.5, 0.6) is 11.5 Å². The predicted molar refractivity (Wildman–Crippen MR) is 93.4 cm³/mol. The summed E-state index contributed by atoms with van der Waals surface area (Å²) in [5, 5.41) is 0. The summed E-state index contributed by atoms with van der Waals surface area (Å²) in [4.78, 5) is 14.8. The van der Waals surface area contributed by atoms with Gasteiger partial charge in [0.2, 0.25) is 5.91 Å². The van der Waals surface area contributed by atoms with Crippen molar-refractivity contribution in [2.75, 3.05) is 20.8 Å². The standard InChI is InChI=1S/C20H23NO3/c1-23-18-11-10-15(13-19(18)24-2)14-20(22)21-12-6-9-17(21)16-7-4-3-5-8-16/h3-5,7-8,10-11,13,17H,6,9,12,14H2,1-2H3. The number of rotatable bonds is 5. The number of nitrogens with zero attached hydrogens (tertiary/aromatic N) is 1. The summed E-state index contributed by atoms with van der Waals surface area (Å²) in [6.07, 6.45) is 2.46. The highest BCUT2D eigenvalue weighted by molar-refractivity contribution is 5.79. The Kier molecular flexibility index (Phi) is 5.04. The Hall–Kier alpha value is -2.49. The van der Waals surface area contributed by atoms with Gasteiger partial charge in [-0.2, -0.15) is 0 Å². The maximum atomic E-state index is 12.8. The molecule has 1 fully saturated rings. The van der Waals surface area contributed by atoms with Gasteiger partial charge in [0, 0.05) is 6.54 Å². The lowest BCUT2D eigenvalue weighted by Gasteiger charge is -2.25. The summed E-state index contributed by atoms with van der Waals surface area (Å²) in [6, 6.07) is 16.1. The Morgan fingerprint density at radius 3 is 2.54 bits per heavy atom. The lowest BCUT2D eigenvalue weighted by Crippen LogP contribution is -2.31. The molecule has 0 N–H and O–H groups in total. The number of benzene rings is 2. The third kappa shape index (κ3) is 3.37. The molecule has 0 radical (unpaired) electrons. The molecule has 126 valence electrons. The van der Waals surface area contributed by atoms with Crippen LogP contribution in [-0.4, -0.2) is 31.6 Å². The third-order valence-electron chi connectivity index (χ3n) is 4.56. The van der Waals surface area contributed by atoms with E-state index in [1.807, 2.05) is 41.3 Å². The lowest BCUT2D eigenvalue weighted by molar-refractivity contribution is -0.131. The van der Waals surface area contributed by atoms with Crippen LogP contribution in [0.25, 0.3) is 0 Å². The van der Waals surface area contributed by atoms with Crippen LogP contribution in [0.1, 0.15) is 30.0 Å². The minimum Gasteiger partial charge on any atom is -0.493 e. The number of carbonyl (C=O) groups is 1. The molecule has 2 aromatic carbocycles. The molecule has 0 aliphatic carbocycles. The number of methoxy groups -OCH3 is 2. The first-order valence-electron chi connectivity index (χ1n) is 8.28. The van der Waals surface area contributed by atoms with Gasteiger partial charge in [-0.3, -0.25) is 4.79 Å². The van der Waals surface area contributed by atoms with Gasteiger partial charge in [-0.25, -0.2) is 0 Å². The van der Waals surface area contributed by atoms with Crippen LogP contribution in [0.4, 0.5) is 0 Å². The van der Waals surface area contributed by atoms with Crippen LogP contribution >= 0.6 is 0 Å². The monoisotopic (exact) mass is 325 g/mol. The first-order chi connectivity index (χ1) is 11.7. The summed E-state index contributed by atoms with van der Waals surface area (Å²) in [5.41, 5.74) is 2.16. The van der Waals surface area contributed by atoms with Crippen LogP contribution < -0.4 is 9.47 Å². The van der Waals surface area contributed by atoms with Gasteiger partial charge >= 0.3 is 0 Å². The van der Waals surface area contributed by atoms with Crippen molar-refractivity contribution in [3.63, 3.8) is 0 Å². The van der Waals surface area contributed by atoms with E-state index in [1.165, 1.54) is 5.56 Å². The van der Waals surface area contributed by atoms with Crippen molar-refractivity contribution >= 4 is 5.91 Å². The number of likely N-dealkylation sites (tertiary alicyclic amines) is 1. The zero-order valence-corrected chi connectivity index (χ0v) is 14.2. The molecule has 1 atom stereocenters. The molecule has 0 bridgehead atoms. The second kappa shape index (κ2) is 7.39. The van der Waals surface area contributed by atoms with Crippen LogP contribution in [0.15, 0.2) is 48.5 Å². The predicted octanol–water partition coefficient (Wildman–Crippen LogP) is 3.61. The Labute approximate surface area is 143 Å². The Morgan fingerprint density at radius 1 is 1.08 bits per heavy atom. The maximum absolute atomic E-state index is 12.8. The van der Waals surface area contributed by atoms with Gasteiger partial charge in [0.25, 0.3) is 0 Å². The fourth-order valence-corrected chi connectivity index (χ4v) is 3.35. The Bertz CT molecular complexity index is 699. The number of hydrogen-bond donors (Lipinski definition) is 0. The minimum atomic E-state index is 0.161. The molecule has 1 heterocycles. The molecule has 1 saturated heterocycles. The fourth-order valence-electron chi connectivity index (χ4n) is 3.35. The summed E-state index contributed by atoms with van der Waals surface area (Å²) < 4.78 is 10.6. The zero-order chi connectivity index (χ0) is 16.9. The van der Waals surface area contributed by atoms with Crippen molar-refractivity contribution in [3.8, 4) is 11.5 Å². The first-order valence-corrected chi connectivity index (χ1v) is 8.28. The van der Waals surface area contributed by atoms with Crippen molar-refractivity contribution in [2.45, 2.75) is 25.3 Å². The summed E-state index contributed by atoms with van der Waals surface area (Å²) in [5.74, 6) is 1.49. The second-order valence-electron chi connectivity index (χ2n) is 6.02. The van der Waals surface area contributed by atoms with Gasteiger partial charge in [0.1, 0.15) is 0 Å². The van der Waals surface area contributed by atoms with E-state index in [0.717, 1.165) is 24.9 Å². The average molecular weight is 325 g/mol. The molecule has 1 unspecified atom stereocenters. The van der Waals surface area contributed by atoms with Gasteiger partial charge < -0.3 is 14.4 Å². The molecule has 24 heavy (non-hydrogen) atoms. The molecule has 4 heteroatoms. The number of hydrogen-bond acceptors (Lipinski definition) is 3. The van der Waals surface area contributed by atoms with Crippen molar-refractivity contribution < 1.29 is 14.3 Å². The summed E-state index contributed by atoms with van der Waals surface area (Å²) >= 11 is 0. The number of amides is 1. The molecule has 1 aliphatic rings. The molecular weight excluding hydrogens is 302 g/mol. The largest absolute Gasteiger partial charge is 0.493 e. The van der Waals surface area contributed by atoms with Gasteiger partial charge in [0.15, 0.2) is 11.5 Å². The normalized spacial score (nSPS) is 16.9. The van der Waals surface area contributed by atoms with Crippen LogP contribution in [0.3, 0.4) is 0 Å². The lowest BCUT2D eigenvalue weighted by atomic mass is 10.0. The third-order valence-corrected chi connectivity index (χ3v) is 4.56. The maximum Gasteiger partial charge on any atom is 0.227 e. The van der Waals surface area contributed by atoms with E-state index in [2.05, 4.69) is 12.1 Å². The van der Waals surface area contributed by atoms with E-state index in [1.54, 1.807) is 14.2 Å². The van der Waals surface area contributed by atoms with Crippen molar-refractivity contribution in [1.29, 1.82) is 0 Å². The highest BCUT2D eigenvalue weighted by Gasteiger charge is 2.29. The molecule has 1 amide bonds. The first kappa shape index (κ1) is 16.4. The molecule has 0 saturated carbocycles. The molecule has 4 nitrogen and oxygen atoms in total. The quantitative estimate of drug-likeness (QED) is 0.843. The van der Waals surface area contributed by atoms with Crippen molar-refractivity contribution in [3.05, 3.63) is 59.7 Å². The molecule has 1 aliphatic heterocycles. The highest BCUT2D eigenvalue weighted by Crippen LogP contribution is 2.33.